The van der Waals surface area contributed by atoms with E-state index in [0.29, 0.717) is 43.4 Å². The van der Waals surface area contributed by atoms with Gasteiger partial charge in [0, 0.05) is 65.3 Å². The SMILES string of the molecule is CC[C@@H](C)[C@H]1C(=O)NCC(=O)N(C)CCC=CC(=O)OCC(C)(C)C(=O)C(=O)N2CCCC[C@H]2C(=O)O[C@H](CCc2ccc(C)c(C)c2)c2cccc(c2)NC(=O)CCC(=O)N(C)[C@@H](CC(C)C)C(=O)N[C@H](Cc2ccccc2)C(=O)N1C. The summed E-state index contributed by atoms with van der Waals surface area (Å²) < 4.78 is 11.8. The average Bonchev–Trinajstić information content (AvgIpc) is 3.63. The van der Waals surface area contributed by atoms with E-state index in [1.807, 2.05) is 84.0 Å². The number of amides is 7. The van der Waals surface area contributed by atoms with Gasteiger partial charge in [-0.1, -0.05) is 101 Å². The topological polar surface area (TPSA) is 238 Å². The lowest BCUT2D eigenvalue weighted by molar-refractivity contribution is -0.165. The minimum atomic E-state index is -1.48. The Labute approximate surface area is 489 Å². The fraction of sp³-hybridized carbons (Fsp3) is 0.531. The summed E-state index contributed by atoms with van der Waals surface area (Å²) in [6, 6.07) is 17.6. The first-order chi connectivity index (χ1) is 39.3. The van der Waals surface area contributed by atoms with Crippen LogP contribution in [0.15, 0.2) is 84.9 Å². The summed E-state index contributed by atoms with van der Waals surface area (Å²) in [5.74, 6) is -6.89. The van der Waals surface area contributed by atoms with Gasteiger partial charge in [0.05, 0.1) is 12.0 Å². The van der Waals surface area contributed by atoms with Crippen LogP contribution in [0.1, 0.15) is 133 Å². The number of carbonyl (C=O) groups excluding carboxylic acids is 10. The Kier molecular flexibility index (Phi) is 24.8. The molecule has 0 aromatic heterocycles. The van der Waals surface area contributed by atoms with Gasteiger partial charge in [0.1, 0.15) is 36.9 Å². The first-order valence-corrected chi connectivity index (χ1v) is 29.0. The molecule has 3 aromatic rings. The van der Waals surface area contributed by atoms with Crippen molar-refractivity contribution in [1.29, 1.82) is 0 Å². The molecule has 1 saturated heterocycles. The monoisotopic (exact) mass is 1150 g/mol. The van der Waals surface area contributed by atoms with Gasteiger partial charge in [-0.05, 0) is 124 Å². The zero-order chi connectivity index (χ0) is 61.1. The number of benzene rings is 3. The highest BCUT2D eigenvalue weighted by Crippen LogP contribution is 2.31. The molecule has 450 valence electrons. The summed E-state index contributed by atoms with van der Waals surface area (Å²) in [6.07, 6.45) is 4.47. The molecule has 3 N–H and O–H groups in total. The van der Waals surface area contributed by atoms with Crippen molar-refractivity contribution >= 4 is 64.8 Å². The third-order valence-electron chi connectivity index (χ3n) is 15.7. The maximum Gasteiger partial charge on any atom is 0.330 e. The Morgan fingerprint density at radius 1 is 0.759 bits per heavy atom. The van der Waals surface area contributed by atoms with E-state index >= 15 is 0 Å². The quantitative estimate of drug-likeness (QED) is 0.149. The number of likely N-dealkylation sites (N-methyl/N-ethyl adjacent to an activating group) is 3. The third-order valence-corrected chi connectivity index (χ3v) is 15.7. The molecular formula is C64H87N7O12. The number of aryl methyl sites for hydroxylation is 3. The largest absolute Gasteiger partial charge is 0.461 e. The van der Waals surface area contributed by atoms with Gasteiger partial charge in [-0.15, -0.1) is 0 Å². The molecule has 83 heavy (non-hydrogen) atoms. The van der Waals surface area contributed by atoms with Gasteiger partial charge in [-0.3, -0.25) is 38.4 Å². The number of piperidine rings is 1. The van der Waals surface area contributed by atoms with Gasteiger partial charge in [-0.2, -0.15) is 0 Å². The standard InChI is InChI=1S/C64H87N7O12/c1-12-42(4)57-60(78)65-39-55(74)68(9)33-18-17-26-56(75)82-40-64(7,8)58(76)62(80)71-34-19-16-25-50(71)63(81)83-52(30-29-46-28-27-43(5)44(6)36-46)47-23-20-24-48(38-47)66-53(72)31-32-54(73)69(10)51(35-41(2)3)59(77)67-49(61(79)70(57)11)37-45-21-14-13-15-22-45/h13-15,17,20-24,26-28,36,38,41-42,49-52,57H,12,16,18-19,25,29-35,37,39-40H2,1-11H3,(H,65,78)(H,66,72)(H,67,77)/t42-,49-,50+,51+,52-,57+/m1/s1. The number of nitrogens with zero attached hydrogens (tertiary/aromatic N) is 4. The highest BCUT2D eigenvalue weighted by molar-refractivity contribution is 6.38. The molecule has 1 fully saturated rings. The zero-order valence-electron chi connectivity index (χ0n) is 50.4. The Balaban J connectivity index is 1.47. The molecule has 2 bridgehead atoms. The lowest BCUT2D eigenvalue weighted by Gasteiger charge is -2.36. The number of carbonyl (C=O) groups is 10. The molecule has 19 heteroatoms. The van der Waals surface area contributed by atoms with Gasteiger partial charge < -0.3 is 45.0 Å². The van der Waals surface area contributed by atoms with Crippen molar-refractivity contribution in [2.45, 2.75) is 156 Å². The normalized spacial score (nSPS) is 22.8. The van der Waals surface area contributed by atoms with Crippen molar-refractivity contribution in [2.24, 2.45) is 17.3 Å². The number of rotatable bonds is 9. The third kappa shape index (κ3) is 19.2. The first kappa shape index (κ1) is 66.1. The van der Waals surface area contributed by atoms with Crippen LogP contribution in [-0.4, -0.2) is 150 Å². The summed E-state index contributed by atoms with van der Waals surface area (Å²) in [5.41, 5.74) is 3.40. The van der Waals surface area contributed by atoms with Gasteiger partial charge >= 0.3 is 11.9 Å². The van der Waals surface area contributed by atoms with E-state index in [1.165, 1.54) is 60.7 Å². The molecule has 0 radical (unpaired) electrons. The maximum atomic E-state index is 14.7. The van der Waals surface area contributed by atoms with Crippen molar-refractivity contribution in [1.82, 2.24) is 30.2 Å². The predicted octanol–water partition coefficient (Wildman–Crippen LogP) is 6.77. The summed E-state index contributed by atoms with van der Waals surface area (Å²) in [6.45, 7) is 13.9. The van der Waals surface area contributed by atoms with Crippen LogP contribution in [0, 0.1) is 31.1 Å². The predicted molar refractivity (Wildman–Crippen MR) is 315 cm³/mol. The second-order valence-corrected chi connectivity index (χ2v) is 23.3. The van der Waals surface area contributed by atoms with Crippen molar-refractivity contribution in [3.8, 4) is 0 Å². The van der Waals surface area contributed by atoms with Crippen LogP contribution in [0.5, 0.6) is 0 Å². The molecular weight excluding hydrogens is 1060 g/mol. The Hall–Kier alpha value is -7.70. The highest BCUT2D eigenvalue weighted by Gasteiger charge is 2.43. The highest BCUT2D eigenvalue weighted by atomic mass is 16.5. The minimum Gasteiger partial charge on any atom is -0.461 e. The average molecular weight is 1150 g/mol. The summed E-state index contributed by atoms with van der Waals surface area (Å²) >= 11 is 0. The molecule has 3 aromatic carbocycles. The van der Waals surface area contributed by atoms with Crippen LogP contribution in [0.2, 0.25) is 0 Å². The number of ether oxygens (including phenoxy) is 2. The van der Waals surface area contributed by atoms with Crippen molar-refractivity contribution in [3.05, 3.63) is 113 Å². The second kappa shape index (κ2) is 31.1. The molecule has 0 saturated carbocycles. The smallest absolute Gasteiger partial charge is 0.330 e. The summed E-state index contributed by atoms with van der Waals surface area (Å²) in [7, 11) is 4.51. The molecule has 19 nitrogen and oxygen atoms in total. The lowest BCUT2D eigenvalue weighted by Crippen LogP contribution is -2.59. The minimum absolute atomic E-state index is 0.0564. The van der Waals surface area contributed by atoms with Gasteiger partial charge in [-0.25, -0.2) is 9.59 Å². The Morgan fingerprint density at radius 3 is 2.17 bits per heavy atom. The van der Waals surface area contributed by atoms with E-state index < -0.39 is 108 Å². The number of nitrogens with one attached hydrogen (secondary N) is 3. The molecule has 7 amide bonds. The van der Waals surface area contributed by atoms with E-state index in [0.717, 1.165) is 28.3 Å². The van der Waals surface area contributed by atoms with E-state index in [-0.39, 0.29) is 63.5 Å². The number of hydrogen-bond acceptors (Lipinski definition) is 12. The van der Waals surface area contributed by atoms with Crippen LogP contribution in [0.25, 0.3) is 0 Å². The van der Waals surface area contributed by atoms with Gasteiger partial charge in [0.25, 0.3) is 5.91 Å². The van der Waals surface area contributed by atoms with Gasteiger partial charge in [0.2, 0.25) is 41.2 Å². The summed E-state index contributed by atoms with van der Waals surface area (Å²) in [5, 5.41) is 8.50. The van der Waals surface area contributed by atoms with Crippen LogP contribution < -0.4 is 16.0 Å². The van der Waals surface area contributed by atoms with E-state index in [1.54, 1.807) is 24.3 Å². The van der Waals surface area contributed by atoms with E-state index in [9.17, 15) is 47.9 Å². The number of cyclic esters (lactones) is 2. The molecule has 0 aliphatic carbocycles. The molecule has 5 rings (SSSR count). The van der Waals surface area contributed by atoms with E-state index in [4.69, 9.17) is 9.47 Å². The number of esters is 2. The zero-order valence-corrected chi connectivity index (χ0v) is 50.4. The number of Topliss-reactive ketones (excluding diaryl/α,β-unsaturated/α-hetero) is 1. The maximum absolute atomic E-state index is 14.7. The van der Waals surface area contributed by atoms with E-state index in [2.05, 4.69) is 22.0 Å². The molecule has 2 aliphatic heterocycles. The van der Waals surface area contributed by atoms with Crippen LogP contribution in [0.4, 0.5) is 5.69 Å². The van der Waals surface area contributed by atoms with Crippen molar-refractivity contribution < 1.29 is 57.4 Å². The van der Waals surface area contributed by atoms with Crippen LogP contribution in [0.3, 0.4) is 0 Å². The number of hydrogen-bond donors (Lipinski definition) is 3. The van der Waals surface area contributed by atoms with Crippen LogP contribution >= 0.6 is 0 Å². The second-order valence-electron chi connectivity index (χ2n) is 23.3. The number of anilines is 1. The lowest BCUT2D eigenvalue weighted by atomic mass is 9.87. The fourth-order valence-electron chi connectivity index (χ4n) is 10.2. The summed E-state index contributed by atoms with van der Waals surface area (Å²) in [4.78, 5) is 145. The molecule has 6 atom stereocenters. The number of fused-ring (bicyclic) bond motifs is 3. The Bertz CT molecular complexity index is 2830. The fourth-order valence-corrected chi connectivity index (χ4v) is 10.2. The Morgan fingerprint density at radius 2 is 1.48 bits per heavy atom. The van der Waals surface area contributed by atoms with Crippen molar-refractivity contribution in [2.75, 3.05) is 52.7 Å². The van der Waals surface area contributed by atoms with Crippen LogP contribution in [-0.2, 0) is 70.3 Å². The first-order valence-electron chi connectivity index (χ1n) is 29.0. The molecule has 0 spiro atoms. The van der Waals surface area contributed by atoms with Gasteiger partial charge in [0.15, 0.2) is 0 Å². The van der Waals surface area contributed by atoms with Crippen molar-refractivity contribution in [3.63, 3.8) is 0 Å². The number of ketones is 1. The molecule has 0 unspecified atom stereocenters. The molecule has 2 heterocycles. The molecule has 2 aliphatic rings.